The second-order valence-corrected chi connectivity index (χ2v) is 4.32. The van der Waals surface area contributed by atoms with Crippen LogP contribution in [0.1, 0.15) is 42.3 Å². The number of aryl methyl sites for hydroxylation is 2. The quantitative estimate of drug-likeness (QED) is 0.768. The monoisotopic (exact) mass is 214 g/mol. The van der Waals surface area contributed by atoms with Crippen LogP contribution in [0, 0.1) is 6.92 Å². The lowest BCUT2D eigenvalue weighted by Crippen LogP contribution is -1.84. The van der Waals surface area contributed by atoms with Gasteiger partial charge in [-0.25, -0.2) is 4.98 Å². The molecule has 0 radical (unpaired) electrons. The highest BCUT2D eigenvalue weighted by Gasteiger charge is 2.08. The maximum Gasteiger partial charge on any atom is 0.204 e. The number of carbonyl (C=O) groups is 1. The Balaban J connectivity index is 0.000000500. The third-order valence-electron chi connectivity index (χ3n) is 1.70. The molecule has 0 bridgehead atoms. The molecule has 3 nitrogen and oxygen atoms in total. The van der Waals surface area contributed by atoms with Crippen molar-refractivity contribution in [3.05, 3.63) is 15.6 Å². The Bertz CT molecular complexity index is 282. The van der Waals surface area contributed by atoms with E-state index in [2.05, 4.69) is 38.4 Å². The summed E-state index contributed by atoms with van der Waals surface area (Å²) in [4.78, 5) is 14.5. The summed E-state index contributed by atoms with van der Waals surface area (Å²) < 4.78 is 0. The van der Waals surface area contributed by atoms with Crippen molar-refractivity contribution in [1.29, 1.82) is 0 Å². The Labute approximate surface area is 89.4 Å². The zero-order chi connectivity index (χ0) is 11.1. The first-order valence-corrected chi connectivity index (χ1v) is 5.50. The summed E-state index contributed by atoms with van der Waals surface area (Å²) in [6, 6.07) is 0. The molecule has 0 aliphatic rings. The molecular formula is C10H18N2OS. The van der Waals surface area contributed by atoms with E-state index in [9.17, 15) is 0 Å². The molecule has 1 aromatic heterocycles. The molecule has 1 aromatic rings. The van der Waals surface area contributed by atoms with Crippen LogP contribution in [0.15, 0.2) is 0 Å². The van der Waals surface area contributed by atoms with Crippen LogP contribution in [0.3, 0.4) is 0 Å². The van der Waals surface area contributed by atoms with E-state index in [-0.39, 0.29) is 6.41 Å². The van der Waals surface area contributed by atoms with Gasteiger partial charge in [-0.1, -0.05) is 20.8 Å². The molecule has 1 rings (SSSR count). The van der Waals surface area contributed by atoms with E-state index in [1.165, 1.54) is 15.6 Å². The second-order valence-electron chi connectivity index (χ2n) is 3.20. The Morgan fingerprint density at radius 3 is 2.29 bits per heavy atom. The summed E-state index contributed by atoms with van der Waals surface area (Å²) in [5.41, 5.74) is 5.39. The molecule has 1 heterocycles. The average Bonchev–Trinajstić information content (AvgIpc) is 2.48. The average molecular weight is 214 g/mol. The normalized spacial score (nSPS) is 9.50. The van der Waals surface area contributed by atoms with Crippen molar-refractivity contribution in [2.45, 2.75) is 40.0 Å². The second kappa shape index (κ2) is 6.54. The van der Waals surface area contributed by atoms with E-state index >= 15 is 0 Å². The zero-order valence-electron chi connectivity index (χ0n) is 9.20. The van der Waals surface area contributed by atoms with E-state index in [1.807, 2.05) is 11.3 Å². The topological polar surface area (TPSA) is 56.0 Å². The van der Waals surface area contributed by atoms with Crippen molar-refractivity contribution in [1.82, 2.24) is 4.98 Å². The highest BCUT2D eigenvalue weighted by molar-refractivity contribution is 7.11. The summed E-state index contributed by atoms with van der Waals surface area (Å²) in [6.07, 6.45) is 1.32. The predicted molar refractivity (Wildman–Crippen MR) is 60.6 cm³/mol. The van der Waals surface area contributed by atoms with Crippen molar-refractivity contribution >= 4 is 17.7 Å². The predicted octanol–water partition coefficient (Wildman–Crippen LogP) is 2.24. The molecule has 0 unspecified atom stereocenters. The summed E-state index contributed by atoms with van der Waals surface area (Å²) >= 11 is 1.86. The third-order valence-corrected chi connectivity index (χ3v) is 3.31. The van der Waals surface area contributed by atoms with Crippen LogP contribution in [-0.2, 0) is 11.2 Å². The van der Waals surface area contributed by atoms with Gasteiger partial charge >= 0.3 is 0 Å². The van der Waals surface area contributed by atoms with Crippen molar-refractivity contribution in [2.75, 3.05) is 0 Å². The van der Waals surface area contributed by atoms with Crippen LogP contribution < -0.4 is 5.73 Å². The molecule has 0 aliphatic carbocycles. The van der Waals surface area contributed by atoms with Gasteiger partial charge in [-0.05, 0) is 19.3 Å². The molecule has 0 atom stereocenters. The molecule has 0 spiro atoms. The Hall–Kier alpha value is -0.900. The minimum Gasteiger partial charge on any atom is -0.372 e. The zero-order valence-corrected chi connectivity index (χ0v) is 10.0. The molecule has 0 aromatic carbocycles. The van der Waals surface area contributed by atoms with Crippen molar-refractivity contribution < 1.29 is 4.79 Å². The lowest BCUT2D eigenvalue weighted by Gasteiger charge is -1.99. The molecule has 1 amide bonds. The Morgan fingerprint density at radius 2 is 2.07 bits per heavy atom. The third kappa shape index (κ3) is 3.87. The smallest absolute Gasteiger partial charge is 0.204 e. The van der Waals surface area contributed by atoms with Crippen molar-refractivity contribution in [3.63, 3.8) is 0 Å². The number of nitrogens with zero attached hydrogens (tertiary/aromatic N) is 1. The van der Waals surface area contributed by atoms with Crippen LogP contribution in [0.5, 0.6) is 0 Å². The molecular weight excluding hydrogens is 196 g/mol. The first-order valence-electron chi connectivity index (χ1n) is 4.68. The maximum atomic E-state index is 8.58. The lowest BCUT2D eigenvalue weighted by molar-refractivity contribution is -0.106. The number of nitrogens with two attached hydrogens (primary N) is 1. The van der Waals surface area contributed by atoms with E-state index in [0.717, 1.165) is 6.42 Å². The van der Waals surface area contributed by atoms with Gasteiger partial charge in [0, 0.05) is 4.88 Å². The summed E-state index contributed by atoms with van der Waals surface area (Å²) in [7, 11) is 0. The van der Waals surface area contributed by atoms with Gasteiger partial charge in [0.05, 0.1) is 10.7 Å². The molecule has 80 valence electrons. The summed E-state index contributed by atoms with van der Waals surface area (Å²) in [5, 5.41) is 1.27. The SMILES string of the molecule is CCc1nc(C)c(C(C)C)s1.NC=O. The molecule has 2 N–H and O–H groups in total. The van der Waals surface area contributed by atoms with E-state index in [0.29, 0.717) is 5.92 Å². The molecule has 0 fully saturated rings. The van der Waals surface area contributed by atoms with Crippen LogP contribution in [0.2, 0.25) is 0 Å². The maximum absolute atomic E-state index is 8.58. The first kappa shape index (κ1) is 13.1. The highest BCUT2D eigenvalue weighted by atomic mass is 32.1. The fourth-order valence-corrected chi connectivity index (χ4v) is 2.16. The van der Waals surface area contributed by atoms with Gasteiger partial charge in [-0.2, -0.15) is 0 Å². The first-order chi connectivity index (χ1) is 6.56. The Morgan fingerprint density at radius 1 is 1.57 bits per heavy atom. The minimum atomic E-state index is 0.250. The highest BCUT2D eigenvalue weighted by Crippen LogP contribution is 2.25. The van der Waals surface area contributed by atoms with Crippen LogP contribution in [0.25, 0.3) is 0 Å². The van der Waals surface area contributed by atoms with Crippen molar-refractivity contribution in [2.24, 2.45) is 5.73 Å². The molecule has 4 heteroatoms. The van der Waals surface area contributed by atoms with Gasteiger partial charge in [0.25, 0.3) is 0 Å². The molecule has 0 saturated heterocycles. The minimum absolute atomic E-state index is 0.250. The number of amides is 1. The van der Waals surface area contributed by atoms with E-state index in [4.69, 9.17) is 4.79 Å². The lowest BCUT2D eigenvalue weighted by atomic mass is 10.1. The fraction of sp³-hybridized carbons (Fsp3) is 0.600. The molecule has 14 heavy (non-hydrogen) atoms. The van der Waals surface area contributed by atoms with E-state index < -0.39 is 0 Å². The van der Waals surface area contributed by atoms with Gasteiger partial charge in [-0.3, -0.25) is 4.79 Å². The largest absolute Gasteiger partial charge is 0.372 e. The Kier molecular flexibility index (Phi) is 6.12. The van der Waals surface area contributed by atoms with Crippen LogP contribution in [-0.4, -0.2) is 11.4 Å². The number of aromatic nitrogens is 1. The van der Waals surface area contributed by atoms with Gasteiger partial charge < -0.3 is 5.73 Å². The molecule has 0 saturated carbocycles. The number of primary amides is 1. The van der Waals surface area contributed by atoms with Gasteiger partial charge in [-0.15, -0.1) is 11.3 Å². The van der Waals surface area contributed by atoms with Gasteiger partial charge in [0.2, 0.25) is 6.41 Å². The number of carbonyl (C=O) groups excluding carboxylic acids is 1. The van der Waals surface area contributed by atoms with E-state index in [1.54, 1.807) is 0 Å². The molecule has 0 aliphatic heterocycles. The fourth-order valence-electron chi connectivity index (χ4n) is 1.15. The number of hydrogen-bond acceptors (Lipinski definition) is 3. The number of hydrogen-bond donors (Lipinski definition) is 1. The summed E-state index contributed by atoms with van der Waals surface area (Å²) in [6.45, 7) is 8.70. The van der Waals surface area contributed by atoms with Crippen LogP contribution >= 0.6 is 11.3 Å². The van der Waals surface area contributed by atoms with Crippen molar-refractivity contribution in [3.8, 4) is 0 Å². The van der Waals surface area contributed by atoms with Crippen LogP contribution in [0.4, 0.5) is 0 Å². The van der Waals surface area contributed by atoms with Gasteiger partial charge in [0.15, 0.2) is 0 Å². The van der Waals surface area contributed by atoms with Gasteiger partial charge in [0.1, 0.15) is 0 Å². The standard InChI is InChI=1S/C9H15NS.CH3NO/c1-5-8-10-7(4)9(11-8)6(2)3;2-1-3/h6H,5H2,1-4H3;1H,(H2,2,3). The summed E-state index contributed by atoms with van der Waals surface area (Å²) in [5.74, 6) is 0.632. The number of thiazole rings is 1. The number of rotatable bonds is 2.